The monoisotopic (exact) mass is 178 g/mol. The van der Waals surface area contributed by atoms with Gasteiger partial charge in [0.2, 0.25) is 0 Å². The average molecular weight is 178 g/mol. The third-order valence-electron chi connectivity index (χ3n) is 1.88. The molecule has 0 aliphatic rings. The summed E-state index contributed by atoms with van der Waals surface area (Å²) in [7, 11) is 1.85. The van der Waals surface area contributed by atoms with Gasteiger partial charge in [-0.1, -0.05) is 0 Å². The molecular weight excluding hydrogens is 168 g/mol. The van der Waals surface area contributed by atoms with Crippen LogP contribution in [0.4, 0.5) is 0 Å². The molecule has 2 heterocycles. The van der Waals surface area contributed by atoms with Crippen molar-refractivity contribution in [2.24, 2.45) is 12.8 Å². The molecule has 3 N–H and O–H groups in total. The van der Waals surface area contributed by atoms with Crippen LogP contribution in [-0.2, 0) is 13.6 Å². The molecule has 0 bridgehead atoms. The zero-order valence-corrected chi connectivity index (χ0v) is 7.23. The van der Waals surface area contributed by atoms with Crippen LogP contribution in [0.5, 0.6) is 0 Å². The van der Waals surface area contributed by atoms with Gasteiger partial charge in [0.1, 0.15) is 11.4 Å². The van der Waals surface area contributed by atoms with E-state index in [1.807, 2.05) is 13.1 Å². The molecule has 0 unspecified atom stereocenters. The number of hydrogen-bond donors (Lipinski definition) is 2. The molecule has 6 nitrogen and oxygen atoms in total. The van der Waals surface area contributed by atoms with Gasteiger partial charge >= 0.3 is 0 Å². The summed E-state index contributed by atoms with van der Waals surface area (Å²) in [5.41, 5.74) is 7.93. The van der Waals surface area contributed by atoms with Crippen molar-refractivity contribution in [1.82, 2.24) is 25.2 Å². The maximum Gasteiger partial charge on any atom is 0.135 e. The molecule has 68 valence electrons. The van der Waals surface area contributed by atoms with Gasteiger partial charge in [-0.3, -0.25) is 4.68 Å². The first kappa shape index (κ1) is 7.93. The molecule has 2 aromatic heterocycles. The van der Waals surface area contributed by atoms with Crippen molar-refractivity contribution in [3.05, 3.63) is 18.0 Å². The molecule has 0 atom stereocenters. The van der Waals surface area contributed by atoms with E-state index in [2.05, 4.69) is 20.5 Å². The van der Waals surface area contributed by atoms with Gasteiger partial charge in [0, 0.05) is 19.8 Å². The summed E-state index contributed by atoms with van der Waals surface area (Å²) >= 11 is 0. The molecule has 0 fully saturated rings. The van der Waals surface area contributed by atoms with Crippen molar-refractivity contribution in [3.8, 4) is 11.4 Å². The lowest BCUT2D eigenvalue weighted by molar-refractivity contribution is 0.771. The summed E-state index contributed by atoms with van der Waals surface area (Å²) in [6, 6.07) is 1.87. The zero-order valence-electron chi connectivity index (χ0n) is 7.23. The maximum atomic E-state index is 5.50. The van der Waals surface area contributed by atoms with Crippen LogP contribution in [0.2, 0.25) is 0 Å². The van der Waals surface area contributed by atoms with Gasteiger partial charge in [-0.25, -0.2) is 0 Å². The second-order valence-corrected chi connectivity index (χ2v) is 2.66. The molecule has 6 heteroatoms. The molecule has 2 aromatic rings. The van der Waals surface area contributed by atoms with E-state index in [0.29, 0.717) is 6.54 Å². The Labute approximate surface area is 74.8 Å². The van der Waals surface area contributed by atoms with E-state index in [4.69, 9.17) is 5.73 Å². The molecule has 0 spiro atoms. The fraction of sp³-hybridized carbons (Fsp3) is 0.286. The van der Waals surface area contributed by atoms with Crippen molar-refractivity contribution >= 4 is 0 Å². The molecule has 2 rings (SSSR count). The van der Waals surface area contributed by atoms with Crippen LogP contribution in [0.3, 0.4) is 0 Å². The third kappa shape index (κ3) is 1.20. The molecule has 0 amide bonds. The highest BCUT2D eigenvalue weighted by molar-refractivity contribution is 5.56. The molecule has 0 saturated heterocycles. The maximum absolute atomic E-state index is 5.50. The first-order chi connectivity index (χ1) is 6.33. The van der Waals surface area contributed by atoms with Crippen LogP contribution in [0.15, 0.2) is 12.3 Å². The fourth-order valence-corrected chi connectivity index (χ4v) is 1.21. The molecular formula is C7H10N6. The van der Waals surface area contributed by atoms with Crippen molar-refractivity contribution in [1.29, 1.82) is 0 Å². The minimum Gasteiger partial charge on any atom is -0.325 e. The Morgan fingerprint density at radius 3 is 3.00 bits per heavy atom. The second kappa shape index (κ2) is 2.98. The van der Waals surface area contributed by atoms with Crippen molar-refractivity contribution in [2.45, 2.75) is 6.54 Å². The number of aromatic amines is 1. The van der Waals surface area contributed by atoms with Crippen LogP contribution in [-0.4, -0.2) is 25.2 Å². The van der Waals surface area contributed by atoms with Crippen LogP contribution < -0.4 is 5.73 Å². The molecule has 13 heavy (non-hydrogen) atoms. The molecule has 0 radical (unpaired) electrons. The summed E-state index contributed by atoms with van der Waals surface area (Å²) in [5.74, 6) is 0. The third-order valence-corrected chi connectivity index (χ3v) is 1.88. The zero-order chi connectivity index (χ0) is 9.26. The van der Waals surface area contributed by atoms with E-state index < -0.39 is 0 Å². The van der Waals surface area contributed by atoms with Crippen molar-refractivity contribution < 1.29 is 0 Å². The highest BCUT2D eigenvalue weighted by Gasteiger charge is 2.11. The first-order valence-corrected chi connectivity index (χ1v) is 3.91. The average Bonchev–Trinajstić information content (AvgIpc) is 2.71. The fourth-order valence-electron chi connectivity index (χ4n) is 1.21. The van der Waals surface area contributed by atoms with E-state index in [1.54, 1.807) is 10.9 Å². The number of hydrogen-bond acceptors (Lipinski definition) is 4. The minimum atomic E-state index is 0.372. The smallest absolute Gasteiger partial charge is 0.135 e. The summed E-state index contributed by atoms with van der Waals surface area (Å²) in [6.45, 7) is 0.372. The van der Waals surface area contributed by atoms with Gasteiger partial charge in [0.25, 0.3) is 0 Å². The molecule has 0 aromatic carbocycles. The largest absolute Gasteiger partial charge is 0.325 e. The predicted octanol–water partition coefficient (Wildman–Crippen LogP) is -0.336. The Morgan fingerprint density at radius 1 is 1.54 bits per heavy atom. The number of nitrogens with zero attached hydrogens (tertiary/aromatic N) is 4. The highest BCUT2D eigenvalue weighted by Crippen LogP contribution is 2.17. The summed E-state index contributed by atoms with van der Waals surface area (Å²) in [6.07, 6.45) is 1.71. The Hall–Kier alpha value is -1.69. The standard InChI is InChI=1S/C7H10N6/c1-13-6(2-3-9-13)7-5(4-8)10-12-11-7/h2-3H,4,8H2,1H3,(H,10,11,12). The van der Waals surface area contributed by atoms with Crippen molar-refractivity contribution in [3.63, 3.8) is 0 Å². The minimum absolute atomic E-state index is 0.372. The van der Waals surface area contributed by atoms with Crippen LogP contribution in [0.25, 0.3) is 11.4 Å². The Morgan fingerprint density at radius 2 is 2.38 bits per heavy atom. The van der Waals surface area contributed by atoms with Gasteiger partial charge < -0.3 is 5.73 Å². The lowest BCUT2D eigenvalue weighted by atomic mass is 10.2. The van der Waals surface area contributed by atoms with Gasteiger partial charge in [0.15, 0.2) is 0 Å². The normalized spacial score (nSPS) is 10.6. The molecule has 0 aliphatic carbocycles. The number of aryl methyl sites for hydroxylation is 1. The van der Waals surface area contributed by atoms with E-state index in [-0.39, 0.29) is 0 Å². The van der Waals surface area contributed by atoms with Crippen LogP contribution in [0, 0.1) is 0 Å². The Kier molecular flexibility index (Phi) is 1.82. The number of nitrogens with one attached hydrogen (secondary N) is 1. The SMILES string of the molecule is Cn1nccc1-c1n[nH]nc1CN. The lowest BCUT2D eigenvalue weighted by Gasteiger charge is -1.97. The number of aromatic nitrogens is 5. The first-order valence-electron chi connectivity index (χ1n) is 3.91. The van der Waals surface area contributed by atoms with Crippen molar-refractivity contribution in [2.75, 3.05) is 0 Å². The number of H-pyrrole nitrogens is 1. The van der Waals surface area contributed by atoms with Gasteiger partial charge in [0.05, 0.1) is 5.69 Å². The Bertz CT molecular complexity index is 401. The van der Waals surface area contributed by atoms with Gasteiger partial charge in [-0.2, -0.15) is 20.5 Å². The second-order valence-electron chi connectivity index (χ2n) is 2.66. The summed E-state index contributed by atoms with van der Waals surface area (Å²) in [5, 5.41) is 14.5. The summed E-state index contributed by atoms with van der Waals surface area (Å²) < 4.78 is 1.73. The van der Waals surface area contributed by atoms with E-state index in [0.717, 1.165) is 17.1 Å². The van der Waals surface area contributed by atoms with Crippen LogP contribution in [0.1, 0.15) is 5.69 Å². The van der Waals surface area contributed by atoms with E-state index in [1.165, 1.54) is 0 Å². The number of nitrogens with two attached hydrogens (primary N) is 1. The van der Waals surface area contributed by atoms with Crippen LogP contribution >= 0.6 is 0 Å². The topological polar surface area (TPSA) is 85.4 Å². The quantitative estimate of drug-likeness (QED) is 0.659. The lowest BCUT2D eigenvalue weighted by Crippen LogP contribution is -2.01. The summed E-state index contributed by atoms with van der Waals surface area (Å²) in [4.78, 5) is 0. The number of rotatable bonds is 2. The van der Waals surface area contributed by atoms with E-state index >= 15 is 0 Å². The molecule has 0 aliphatic heterocycles. The molecule has 0 saturated carbocycles. The predicted molar refractivity (Wildman–Crippen MR) is 46.5 cm³/mol. The Balaban J connectivity index is 2.52. The van der Waals surface area contributed by atoms with E-state index in [9.17, 15) is 0 Å². The van der Waals surface area contributed by atoms with Gasteiger partial charge in [-0.15, -0.1) is 0 Å². The van der Waals surface area contributed by atoms with Gasteiger partial charge in [-0.05, 0) is 6.07 Å². The highest BCUT2D eigenvalue weighted by atomic mass is 15.3.